The first-order valence-electron chi connectivity index (χ1n) is 12.1. The molecule has 0 fully saturated rings. The Morgan fingerprint density at radius 2 is 1.71 bits per heavy atom. The predicted octanol–water partition coefficient (Wildman–Crippen LogP) is 4.72. The number of rotatable bonds is 12. The summed E-state index contributed by atoms with van der Waals surface area (Å²) in [5.74, 6) is -1.50. The first-order chi connectivity index (χ1) is 17.6. The van der Waals surface area contributed by atoms with E-state index in [2.05, 4.69) is 5.32 Å². The Labute approximate surface area is 220 Å². The van der Waals surface area contributed by atoms with E-state index < -0.39 is 45.4 Å². The molecular formula is C26H33F4N3O4S. The van der Waals surface area contributed by atoms with Gasteiger partial charge in [0.1, 0.15) is 11.9 Å². The molecule has 210 valence electrons. The minimum absolute atomic E-state index is 0.0460. The Morgan fingerprint density at radius 3 is 2.29 bits per heavy atom. The second-order valence-corrected chi connectivity index (χ2v) is 11.0. The van der Waals surface area contributed by atoms with Crippen LogP contribution in [0.4, 0.5) is 23.2 Å². The minimum atomic E-state index is -4.66. The highest BCUT2D eigenvalue weighted by Gasteiger charge is 2.32. The van der Waals surface area contributed by atoms with Crippen molar-refractivity contribution in [3.05, 3.63) is 65.5 Å². The first kappa shape index (κ1) is 31.1. The highest BCUT2D eigenvalue weighted by Crippen LogP contribution is 2.32. The molecule has 0 aliphatic heterocycles. The van der Waals surface area contributed by atoms with Crippen LogP contribution in [0.5, 0.6) is 0 Å². The lowest BCUT2D eigenvalue weighted by atomic mass is 10.1. The lowest BCUT2D eigenvalue weighted by Gasteiger charge is -2.30. The molecule has 2 atom stereocenters. The van der Waals surface area contributed by atoms with Crippen molar-refractivity contribution >= 4 is 27.5 Å². The van der Waals surface area contributed by atoms with Crippen molar-refractivity contribution in [3.63, 3.8) is 0 Å². The largest absolute Gasteiger partial charge is 0.416 e. The molecule has 2 amide bonds. The number of anilines is 1. The summed E-state index contributed by atoms with van der Waals surface area (Å²) in [6, 6.07) is 8.64. The fourth-order valence-corrected chi connectivity index (χ4v) is 4.66. The number of nitrogens with one attached hydrogen (secondary N) is 1. The zero-order valence-electron chi connectivity index (χ0n) is 21.8. The standard InChI is InChI=1S/C26H33F4N3O4S/c1-5-18(2)31-25(35)19(3)32(17-20-10-6-7-13-23(20)27)24(34)14-9-15-33(38(4,36)37)22-12-8-11-21(16-22)26(28,29)30/h6-8,10-13,16,18-19H,5,9,14-15,17H2,1-4H3,(H,31,35)/t18-,19-/m0/s1. The van der Waals surface area contributed by atoms with Crippen molar-refractivity contribution < 1.29 is 35.6 Å². The topological polar surface area (TPSA) is 86.8 Å². The van der Waals surface area contributed by atoms with Crippen LogP contribution in [0.2, 0.25) is 0 Å². The summed E-state index contributed by atoms with van der Waals surface area (Å²) >= 11 is 0. The molecule has 0 saturated carbocycles. The van der Waals surface area contributed by atoms with E-state index in [9.17, 15) is 35.6 Å². The molecule has 0 bridgehead atoms. The molecule has 1 N–H and O–H groups in total. The van der Waals surface area contributed by atoms with Crippen molar-refractivity contribution in [2.45, 2.75) is 64.8 Å². The Bertz CT molecular complexity index is 1220. The second-order valence-electron chi connectivity index (χ2n) is 9.09. The second kappa shape index (κ2) is 13.1. The third kappa shape index (κ3) is 8.71. The summed E-state index contributed by atoms with van der Waals surface area (Å²) in [5.41, 5.74) is -0.984. The summed E-state index contributed by atoms with van der Waals surface area (Å²) in [6.45, 7) is 4.75. The number of amides is 2. The Morgan fingerprint density at radius 1 is 1.05 bits per heavy atom. The van der Waals surface area contributed by atoms with Gasteiger partial charge in [-0.25, -0.2) is 12.8 Å². The zero-order chi connectivity index (χ0) is 28.7. The number of sulfonamides is 1. The van der Waals surface area contributed by atoms with E-state index in [0.29, 0.717) is 6.42 Å². The molecule has 0 aliphatic rings. The van der Waals surface area contributed by atoms with E-state index >= 15 is 0 Å². The molecule has 0 spiro atoms. The molecule has 0 saturated heterocycles. The van der Waals surface area contributed by atoms with Gasteiger partial charge in [0.05, 0.1) is 17.5 Å². The molecule has 2 aromatic carbocycles. The van der Waals surface area contributed by atoms with Gasteiger partial charge in [0.15, 0.2) is 0 Å². The van der Waals surface area contributed by atoms with Gasteiger partial charge in [0.2, 0.25) is 21.8 Å². The molecule has 2 rings (SSSR count). The zero-order valence-corrected chi connectivity index (χ0v) is 22.6. The average molecular weight is 560 g/mol. The van der Waals surface area contributed by atoms with Gasteiger partial charge in [0.25, 0.3) is 0 Å². The molecule has 7 nitrogen and oxygen atoms in total. The molecule has 0 unspecified atom stereocenters. The van der Waals surface area contributed by atoms with Crippen LogP contribution in [0, 0.1) is 5.82 Å². The summed E-state index contributed by atoms with van der Waals surface area (Å²) < 4.78 is 79.3. The number of nitrogens with zero attached hydrogens (tertiary/aromatic N) is 2. The highest BCUT2D eigenvalue weighted by molar-refractivity contribution is 7.92. The van der Waals surface area contributed by atoms with Crippen molar-refractivity contribution in [3.8, 4) is 0 Å². The van der Waals surface area contributed by atoms with Crippen molar-refractivity contribution in [1.29, 1.82) is 0 Å². The van der Waals surface area contributed by atoms with Crippen LogP contribution in [0.15, 0.2) is 48.5 Å². The van der Waals surface area contributed by atoms with Gasteiger partial charge in [-0.2, -0.15) is 13.2 Å². The van der Waals surface area contributed by atoms with E-state index in [4.69, 9.17) is 0 Å². The van der Waals surface area contributed by atoms with E-state index in [1.54, 1.807) is 13.0 Å². The third-order valence-corrected chi connectivity index (χ3v) is 7.27. The van der Waals surface area contributed by atoms with Gasteiger partial charge >= 0.3 is 6.18 Å². The summed E-state index contributed by atoms with van der Waals surface area (Å²) in [4.78, 5) is 27.2. The smallest absolute Gasteiger partial charge is 0.352 e. The number of benzene rings is 2. The predicted molar refractivity (Wildman–Crippen MR) is 137 cm³/mol. The lowest BCUT2D eigenvalue weighted by molar-refractivity contribution is -0.141. The van der Waals surface area contributed by atoms with E-state index in [-0.39, 0.29) is 43.2 Å². The Balaban J connectivity index is 2.23. The van der Waals surface area contributed by atoms with Gasteiger partial charge in [0, 0.05) is 31.1 Å². The fraction of sp³-hybridized carbons (Fsp3) is 0.462. The van der Waals surface area contributed by atoms with Gasteiger partial charge in [-0.3, -0.25) is 13.9 Å². The minimum Gasteiger partial charge on any atom is -0.352 e. The number of hydrogen-bond donors (Lipinski definition) is 1. The van der Waals surface area contributed by atoms with Crippen LogP contribution < -0.4 is 9.62 Å². The molecule has 12 heteroatoms. The molecule has 0 heterocycles. The van der Waals surface area contributed by atoms with Crippen LogP contribution in [0.25, 0.3) is 0 Å². The van der Waals surface area contributed by atoms with E-state index in [1.165, 1.54) is 36.1 Å². The third-order valence-electron chi connectivity index (χ3n) is 6.08. The highest BCUT2D eigenvalue weighted by atomic mass is 32.2. The van der Waals surface area contributed by atoms with Crippen molar-refractivity contribution in [2.24, 2.45) is 0 Å². The maximum atomic E-state index is 14.3. The number of alkyl halides is 3. The molecule has 2 aromatic rings. The SMILES string of the molecule is CC[C@H](C)NC(=O)[C@H](C)N(Cc1ccccc1F)C(=O)CCCN(c1cccc(C(F)(F)F)c1)S(C)(=O)=O. The van der Waals surface area contributed by atoms with Crippen LogP contribution in [0.1, 0.15) is 51.2 Å². The van der Waals surface area contributed by atoms with Crippen LogP contribution in [-0.2, 0) is 32.3 Å². The van der Waals surface area contributed by atoms with Crippen LogP contribution in [0.3, 0.4) is 0 Å². The summed E-state index contributed by atoms with van der Waals surface area (Å²) in [6.07, 6.45) is -3.40. The molecule has 38 heavy (non-hydrogen) atoms. The van der Waals surface area contributed by atoms with Gasteiger partial charge < -0.3 is 10.2 Å². The number of carbonyl (C=O) groups excluding carboxylic acids is 2. The first-order valence-corrected chi connectivity index (χ1v) is 14.0. The monoisotopic (exact) mass is 559 g/mol. The maximum absolute atomic E-state index is 14.3. The van der Waals surface area contributed by atoms with Gasteiger partial charge in [-0.15, -0.1) is 0 Å². The van der Waals surface area contributed by atoms with Crippen LogP contribution >= 0.6 is 0 Å². The van der Waals surface area contributed by atoms with Gasteiger partial charge in [-0.1, -0.05) is 31.2 Å². The number of halogens is 4. The Hall–Kier alpha value is -3.15. The lowest BCUT2D eigenvalue weighted by Crippen LogP contribution is -2.49. The normalized spacial score (nSPS) is 13.5. The van der Waals surface area contributed by atoms with Crippen LogP contribution in [-0.4, -0.2) is 50.0 Å². The van der Waals surface area contributed by atoms with Crippen molar-refractivity contribution in [1.82, 2.24) is 10.2 Å². The fourth-order valence-electron chi connectivity index (χ4n) is 3.70. The van der Waals surface area contributed by atoms with Crippen molar-refractivity contribution in [2.75, 3.05) is 17.1 Å². The molecule has 0 radical (unpaired) electrons. The van der Waals surface area contributed by atoms with E-state index in [1.807, 2.05) is 6.92 Å². The van der Waals surface area contributed by atoms with Gasteiger partial charge in [-0.05, 0) is 51.0 Å². The number of carbonyl (C=O) groups is 2. The average Bonchev–Trinajstić information content (AvgIpc) is 2.84. The summed E-state index contributed by atoms with van der Waals surface area (Å²) in [5, 5.41) is 2.79. The number of hydrogen-bond acceptors (Lipinski definition) is 4. The quantitative estimate of drug-likeness (QED) is 0.381. The van der Waals surface area contributed by atoms with E-state index in [0.717, 1.165) is 28.8 Å². The molecular weight excluding hydrogens is 526 g/mol. The Kier molecular flexibility index (Phi) is 10.7. The summed E-state index contributed by atoms with van der Waals surface area (Å²) in [7, 11) is -3.97. The molecule has 0 aliphatic carbocycles. The molecule has 0 aromatic heterocycles. The maximum Gasteiger partial charge on any atom is 0.416 e.